The predicted molar refractivity (Wildman–Crippen MR) is 84.9 cm³/mol. The van der Waals surface area contributed by atoms with E-state index in [1.54, 1.807) is 0 Å². The van der Waals surface area contributed by atoms with Crippen LogP contribution in [0.5, 0.6) is 0 Å². The van der Waals surface area contributed by atoms with E-state index in [-0.39, 0.29) is 5.60 Å². The first kappa shape index (κ1) is 16.0. The highest BCUT2D eigenvalue weighted by molar-refractivity contribution is 5.29. The van der Waals surface area contributed by atoms with Crippen LogP contribution < -0.4 is 0 Å². The van der Waals surface area contributed by atoms with Crippen molar-refractivity contribution in [3.63, 3.8) is 0 Å². The number of benzene rings is 1. The third-order valence-electron chi connectivity index (χ3n) is 3.87. The Balaban J connectivity index is 1.79. The van der Waals surface area contributed by atoms with Crippen molar-refractivity contribution in [2.24, 2.45) is 0 Å². The van der Waals surface area contributed by atoms with E-state index >= 15 is 0 Å². The Labute approximate surface area is 127 Å². The summed E-state index contributed by atoms with van der Waals surface area (Å²) in [7, 11) is 0. The van der Waals surface area contributed by atoms with Gasteiger partial charge in [0.2, 0.25) is 0 Å². The summed E-state index contributed by atoms with van der Waals surface area (Å²) in [5.41, 5.74) is 2.42. The number of β-amino-alcohol motifs (C(OH)–C–C–N with tert-alkyl or cyclic N) is 1. The van der Waals surface area contributed by atoms with Gasteiger partial charge in [0.05, 0.1) is 18.3 Å². The molecule has 1 aromatic rings. The Morgan fingerprint density at radius 1 is 1.38 bits per heavy atom. The van der Waals surface area contributed by atoms with Gasteiger partial charge in [-0.05, 0) is 31.4 Å². The van der Waals surface area contributed by atoms with Crippen LogP contribution in [0.2, 0.25) is 0 Å². The average molecular weight is 287 g/mol. The van der Waals surface area contributed by atoms with Crippen molar-refractivity contribution in [3.8, 4) is 12.3 Å². The predicted octanol–water partition coefficient (Wildman–Crippen LogP) is 2.22. The Morgan fingerprint density at radius 3 is 2.81 bits per heavy atom. The number of fused-ring (bicyclic) bond motifs is 1. The number of aliphatic hydroxyl groups is 1. The van der Waals surface area contributed by atoms with Crippen LogP contribution in [0.4, 0.5) is 0 Å². The van der Waals surface area contributed by atoms with Crippen LogP contribution in [0.1, 0.15) is 31.4 Å². The van der Waals surface area contributed by atoms with Crippen molar-refractivity contribution >= 4 is 0 Å². The SMILES string of the molecule is C#CCC(C)(C)OC[C@H](O)CN1CCc2ccccc2C1. The molecule has 114 valence electrons. The molecular weight excluding hydrogens is 262 g/mol. The largest absolute Gasteiger partial charge is 0.389 e. The summed E-state index contributed by atoms with van der Waals surface area (Å²) in [5, 5.41) is 10.2. The molecule has 2 rings (SSSR count). The highest BCUT2D eigenvalue weighted by Crippen LogP contribution is 2.19. The fraction of sp³-hybridized carbons (Fsp3) is 0.556. The third-order valence-corrected chi connectivity index (χ3v) is 3.87. The van der Waals surface area contributed by atoms with Crippen molar-refractivity contribution in [1.82, 2.24) is 4.90 Å². The summed E-state index contributed by atoms with van der Waals surface area (Å²) < 4.78 is 5.72. The molecule has 0 bridgehead atoms. The topological polar surface area (TPSA) is 32.7 Å². The summed E-state index contributed by atoms with van der Waals surface area (Å²) in [5.74, 6) is 2.61. The molecule has 1 atom stereocenters. The lowest BCUT2D eigenvalue weighted by Crippen LogP contribution is -2.39. The molecule has 21 heavy (non-hydrogen) atoms. The van der Waals surface area contributed by atoms with E-state index in [0.717, 1.165) is 19.5 Å². The third kappa shape index (κ3) is 4.86. The Bertz CT molecular complexity index is 504. The van der Waals surface area contributed by atoms with E-state index < -0.39 is 6.10 Å². The van der Waals surface area contributed by atoms with Crippen LogP contribution in [0, 0.1) is 12.3 Å². The minimum Gasteiger partial charge on any atom is -0.389 e. The fourth-order valence-corrected chi connectivity index (χ4v) is 2.68. The minimum absolute atomic E-state index is 0.326. The zero-order valence-electron chi connectivity index (χ0n) is 13.0. The first-order chi connectivity index (χ1) is 10.00. The number of rotatable bonds is 6. The van der Waals surface area contributed by atoms with Gasteiger partial charge >= 0.3 is 0 Å². The summed E-state index contributed by atoms with van der Waals surface area (Å²) in [6.07, 6.45) is 6.44. The van der Waals surface area contributed by atoms with Gasteiger partial charge in [0.1, 0.15) is 0 Å². The van der Waals surface area contributed by atoms with Crippen LogP contribution in [-0.2, 0) is 17.7 Å². The zero-order valence-corrected chi connectivity index (χ0v) is 13.0. The van der Waals surface area contributed by atoms with Crippen molar-refractivity contribution < 1.29 is 9.84 Å². The molecule has 1 aliphatic rings. The van der Waals surface area contributed by atoms with Crippen molar-refractivity contribution in [3.05, 3.63) is 35.4 Å². The Morgan fingerprint density at radius 2 is 2.10 bits per heavy atom. The molecule has 1 N–H and O–H groups in total. The molecule has 0 amide bonds. The number of ether oxygens (including phenoxy) is 1. The zero-order chi connectivity index (χ0) is 15.3. The van der Waals surface area contributed by atoms with Gasteiger partial charge in [-0.2, -0.15) is 0 Å². The number of nitrogens with zero attached hydrogens (tertiary/aromatic N) is 1. The van der Waals surface area contributed by atoms with Gasteiger partial charge in [0, 0.05) is 26.1 Å². The summed E-state index contributed by atoms with van der Waals surface area (Å²) >= 11 is 0. The number of terminal acetylenes is 1. The second-order valence-electron chi connectivity index (χ2n) is 6.36. The molecule has 0 aromatic heterocycles. The molecule has 0 spiro atoms. The number of hydrogen-bond donors (Lipinski definition) is 1. The maximum absolute atomic E-state index is 10.2. The van der Waals surface area contributed by atoms with Gasteiger partial charge in [-0.25, -0.2) is 0 Å². The first-order valence-electron chi connectivity index (χ1n) is 7.55. The number of aliphatic hydroxyl groups excluding tert-OH is 1. The molecule has 3 heteroatoms. The highest BCUT2D eigenvalue weighted by atomic mass is 16.5. The van der Waals surface area contributed by atoms with Crippen molar-refractivity contribution in [1.29, 1.82) is 0 Å². The van der Waals surface area contributed by atoms with Gasteiger partial charge in [-0.1, -0.05) is 24.3 Å². The second kappa shape index (κ2) is 7.09. The Hall–Kier alpha value is -1.34. The molecule has 0 unspecified atom stereocenters. The molecule has 1 aliphatic heterocycles. The van der Waals surface area contributed by atoms with E-state index in [0.29, 0.717) is 19.6 Å². The van der Waals surface area contributed by atoms with E-state index in [1.807, 2.05) is 13.8 Å². The molecule has 1 aromatic carbocycles. The van der Waals surface area contributed by atoms with Crippen molar-refractivity contribution in [2.75, 3.05) is 19.7 Å². The Kier molecular flexibility index (Phi) is 5.41. The maximum atomic E-state index is 10.2. The minimum atomic E-state index is -0.479. The van der Waals surface area contributed by atoms with Crippen LogP contribution in [-0.4, -0.2) is 41.4 Å². The van der Waals surface area contributed by atoms with E-state index in [9.17, 15) is 5.11 Å². The van der Waals surface area contributed by atoms with E-state index in [1.165, 1.54) is 11.1 Å². The fourth-order valence-electron chi connectivity index (χ4n) is 2.68. The van der Waals surface area contributed by atoms with Gasteiger partial charge in [-0.15, -0.1) is 12.3 Å². The highest BCUT2D eigenvalue weighted by Gasteiger charge is 2.22. The van der Waals surface area contributed by atoms with E-state index in [2.05, 4.69) is 35.1 Å². The maximum Gasteiger partial charge on any atom is 0.0900 e. The summed E-state index contributed by atoms with van der Waals surface area (Å²) in [6, 6.07) is 8.52. The standard InChI is InChI=1S/C18H25NO2/c1-4-10-18(2,3)21-14-17(20)13-19-11-9-15-7-5-6-8-16(15)12-19/h1,5-8,17,20H,9-14H2,2-3H3/t17-/m1/s1. The van der Waals surface area contributed by atoms with Gasteiger partial charge in [0.25, 0.3) is 0 Å². The molecule has 0 saturated carbocycles. The van der Waals surface area contributed by atoms with Crippen LogP contribution in [0.25, 0.3) is 0 Å². The van der Waals surface area contributed by atoms with Crippen LogP contribution >= 0.6 is 0 Å². The van der Waals surface area contributed by atoms with Crippen LogP contribution in [0.3, 0.4) is 0 Å². The smallest absolute Gasteiger partial charge is 0.0900 e. The number of hydrogen-bond acceptors (Lipinski definition) is 3. The van der Waals surface area contributed by atoms with Gasteiger partial charge in [0.15, 0.2) is 0 Å². The molecule has 0 radical (unpaired) electrons. The molecule has 0 saturated heterocycles. The lowest BCUT2D eigenvalue weighted by atomic mass is 10.00. The van der Waals surface area contributed by atoms with Gasteiger partial charge < -0.3 is 9.84 Å². The van der Waals surface area contributed by atoms with Gasteiger partial charge in [-0.3, -0.25) is 4.90 Å². The second-order valence-corrected chi connectivity index (χ2v) is 6.36. The monoisotopic (exact) mass is 287 g/mol. The average Bonchev–Trinajstić information content (AvgIpc) is 2.45. The molecule has 0 fully saturated rings. The quantitative estimate of drug-likeness (QED) is 0.814. The lowest BCUT2D eigenvalue weighted by Gasteiger charge is -2.31. The summed E-state index contributed by atoms with van der Waals surface area (Å²) in [6.45, 7) is 6.77. The van der Waals surface area contributed by atoms with Crippen molar-refractivity contribution in [2.45, 2.75) is 44.9 Å². The van der Waals surface area contributed by atoms with E-state index in [4.69, 9.17) is 11.2 Å². The lowest BCUT2D eigenvalue weighted by molar-refractivity contribution is -0.0637. The molecular formula is C18H25NO2. The first-order valence-corrected chi connectivity index (χ1v) is 7.55. The molecule has 3 nitrogen and oxygen atoms in total. The summed E-state index contributed by atoms with van der Waals surface area (Å²) in [4.78, 5) is 2.28. The normalized spacial score (nSPS) is 17.0. The molecule has 1 heterocycles. The molecule has 0 aliphatic carbocycles. The van der Waals surface area contributed by atoms with Crippen LogP contribution in [0.15, 0.2) is 24.3 Å².